The molecule has 2 aliphatic rings. The van der Waals surface area contributed by atoms with E-state index in [0.717, 1.165) is 60.4 Å². The van der Waals surface area contributed by atoms with E-state index in [-0.39, 0.29) is 38.1 Å². The molecular formula is C53H72N2O11+2. The lowest BCUT2D eigenvalue weighted by Crippen LogP contribution is -2.52. The second-order valence-electron chi connectivity index (χ2n) is 18.3. The number of hydrogen-bond donors (Lipinski definition) is 0. The fourth-order valence-corrected chi connectivity index (χ4v) is 10.3. The number of nitrogens with zero attached hydrogens (tertiary/aromatic N) is 2. The zero-order valence-corrected chi connectivity index (χ0v) is 41.4. The molecule has 0 saturated carbocycles. The highest BCUT2D eigenvalue weighted by Gasteiger charge is 2.42. The smallest absolute Gasteiger partial charge is 0.306 e. The third-order valence-corrected chi connectivity index (χ3v) is 14.1. The van der Waals surface area contributed by atoms with Crippen molar-refractivity contribution in [2.45, 2.75) is 77.8 Å². The predicted molar refractivity (Wildman–Crippen MR) is 254 cm³/mol. The van der Waals surface area contributed by atoms with E-state index in [0.29, 0.717) is 58.2 Å². The van der Waals surface area contributed by atoms with Gasteiger partial charge in [0, 0.05) is 48.8 Å². The lowest BCUT2D eigenvalue weighted by atomic mass is 9.83. The van der Waals surface area contributed by atoms with E-state index in [1.165, 1.54) is 38.9 Å². The van der Waals surface area contributed by atoms with E-state index < -0.39 is 11.9 Å². The van der Waals surface area contributed by atoms with Crippen molar-refractivity contribution < 1.29 is 61.2 Å². The largest absolute Gasteiger partial charge is 0.493 e. The van der Waals surface area contributed by atoms with Crippen LogP contribution in [0.5, 0.6) is 40.2 Å². The maximum Gasteiger partial charge on any atom is 0.306 e. The summed E-state index contributed by atoms with van der Waals surface area (Å²) in [4.78, 5) is 25.9. The summed E-state index contributed by atoms with van der Waals surface area (Å²) in [5.74, 6) is 3.77. The Morgan fingerprint density at radius 1 is 0.530 bits per heavy atom. The first-order valence-electron chi connectivity index (χ1n) is 23.0. The Hall–Kier alpha value is -5.66. The number of aryl methyl sites for hydroxylation is 3. The zero-order valence-electron chi connectivity index (χ0n) is 41.4. The number of fused-ring (bicyclic) bond motifs is 2. The van der Waals surface area contributed by atoms with Crippen molar-refractivity contribution in [3.8, 4) is 40.2 Å². The van der Waals surface area contributed by atoms with Crippen LogP contribution in [0, 0.1) is 20.8 Å². The molecule has 4 aromatic rings. The first-order valence-corrected chi connectivity index (χ1v) is 23.0. The number of quaternary nitrogens is 2. The second kappa shape index (κ2) is 21.8. The first kappa shape index (κ1) is 49.8. The molecule has 0 radical (unpaired) electrons. The van der Waals surface area contributed by atoms with Crippen LogP contribution in [0.25, 0.3) is 0 Å². The van der Waals surface area contributed by atoms with Gasteiger partial charge >= 0.3 is 11.9 Å². The average Bonchev–Trinajstić information content (AvgIpc) is 3.31. The van der Waals surface area contributed by atoms with E-state index >= 15 is 0 Å². The summed E-state index contributed by atoms with van der Waals surface area (Å²) in [7, 11) is 16.0. The molecule has 2 heterocycles. The van der Waals surface area contributed by atoms with E-state index in [1.807, 2.05) is 12.1 Å². The summed E-state index contributed by atoms with van der Waals surface area (Å²) >= 11 is 0. The van der Waals surface area contributed by atoms with Crippen LogP contribution in [0.4, 0.5) is 0 Å². The third-order valence-electron chi connectivity index (χ3n) is 14.1. The molecule has 0 fully saturated rings. The summed E-state index contributed by atoms with van der Waals surface area (Å²) in [6.45, 7) is 10.3. The van der Waals surface area contributed by atoms with Crippen LogP contribution in [0.3, 0.4) is 0 Å². The van der Waals surface area contributed by atoms with Crippen molar-refractivity contribution in [2.75, 3.05) is 103 Å². The van der Waals surface area contributed by atoms with Crippen LogP contribution in [-0.4, -0.2) is 124 Å². The Morgan fingerprint density at radius 3 is 1.59 bits per heavy atom. The van der Waals surface area contributed by atoms with Gasteiger partial charge in [0.15, 0.2) is 34.5 Å². The molecule has 0 N–H and O–H groups in total. The molecule has 4 aromatic carbocycles. The van der Waals surface area contributed by atoms with Gasteiger partial charge in [0.25, 0.3) is 0 Å². The molecule has 4 unspecified atom stereocenters. The summed E-state index contributed by atoms with van der Waals surface area (Å²) in [6.07, 6.45) is 3.75. The van der Waals surface area contributed by atoms with Gasteiger partial charge in [0.2, 0.25) is 5.75 Å². The SMILES string of the molecule is COc1cc2c(cc1OC)C(Cc1cc(OC)c(OC)c(OC)c1)[N+](C)(CCCOC(=O)CCC(=O)OCCC[N+]1(C)CCc3cc(C)c(C)cc3C1c1cc(C)c(OC)c(OC)c1)CC2. The molecule has 13 heteroatoms. The molecule has 0 bridgehead atoms. The van der Waals surface area contributed by atoms with E-state index in [4.69, 9.17) is 42.6 Å². The Balaban J connectivity index is 1.04. The topological polar surface area (TPSA) is 117 Å². The molecule has 6 rings (SSSR count). The number of likely N-dealkylation sites (N-methyl/N-ethyl adjacent to an activating group) is 2. The normalized spacial score (nSPS) is 19.8. The van der Waals surface area contributed by atoms with Crippen molar-refractivity contribution in [3.05, 3.63) is 98.6 Å². The van der Waals surface area contributed by atoms with Crippen molar-refractivity contribution in [1.82, 2.24) is 0 Å². The van der Waals surface area contributed by atoms with Gasteiger partial charge in [0.05, 0.1) is 116 Å². The molecule has 358 valence electrons. The fraction of sp³-hybridized carbons (Fsp3) is 0.509. The van der Waals surface area contributed by atoms with Crippen LogP contribution in [0.1, 0.15) is 87.8 Å². The minimum atomic E-state index is -0.409. The molecule has 2 aliphatic heterocycles. The van der Waals surface area contributed by atoms with Gasteiger partial charge in [-0.25, -0.2) is 0 Å². The van der Waals surface area contributed by atoms with Gasteiger partial charge in [0.1, 0.15) is 12.1 Å². The number of rotatable bonds is 21. The lowest BCUT2D eigenvalue weighted by molar-refractivity contribution is -0.941. The lowest BCUT2D eigenvalue weighted by Gasteiger charge is -2.46. The van der Waals surface area contributed by atoms with Gasteiger partial charge in [-0.15, -0.1) is 0 Å². The second-order valence-corrected chi connectivity index (χ2v) is 18.3. The van der Waals surface area contributed by atoms with Crippen LogP contribution >= 0.6 is 0 Å². The minimum absolute atomic E-state index is 0.0305. The quantitative estimate of drug-likeness (QED) is 0.0456. The maximum absolute atomic E-state index is 12.9. The van der Waals surface area contributed by atoms with Gasteiger partial charge in [-0.1, -0.05) is 6.07 Å². The molecule has 0 saturated heterocycles. The Labute approximate surface area is 391 Å². The highest BCUT2D eigenvalue weighted by atomic mass is 16.5. The van der Waals surface area contributed by atoms with Crippen molar-refractivity contribution in [2.24, 2.45) is 0 Å². The van der Waals surface area contributed by atoms with E-state index in [1.54, 1.807) is 49.8 Å². The summed E-state index contributed by atoms with van der Waals surface area (Å²) in [5, 5.41) is 0. The minimum Gasteiger partial charge on any atom is -0.493 e. The highest BCUT2D eigenvalue weighted by Crippen LogP contribution is 2.46. The molecule has 4 atom stereocenters. The fourth-order valence-electron chi connectivity index (χ4n) is 10.3. The number of hydrogen-bond acceptors (Lipinski definition) is 11. The molecule has 0 aliphatic carbocycles. The van der Waals surface area contributed by atoms with Crippen molar-refractivity contribution >= 4 is 11.9 Å². The third kappa shape index (κ3) is 10.8. The molecular weight excluding hydrogens is 841 g/mol. The number of carbonyl (C=O) groups is 2. The number of benzene rings is 4. The van der Waals surface area contributed by atoms with Gasteiger partial charge in [-0.2, -0.15) is 0 Å². The number of esters is 2. The molecule has 13 nitrogen and oxygen atoms in total. The molecule has 0 spiro atoms. The standard InChI is InChI=1S/C53H72N2O11/c1-34-25-38-18-22-55(5,51(42(38)27-35(34)2)40-26-36(3)52(63-11)48(32-40)62-10)20-14-24-66-50(57)16-15-49(56)65-23-13-19-54(4)21-17-39-31-44(58-6)45(59-7)33-41(39)43(54)28-37-29-46(60-8)53(64-12)47(30-37)61-9/h25-27,29-33,43,51H,13-24,28H2,1-12H3/q+2. The van der Waals surface area contributed by atoms with E-state index in [9.17, 15) is 9.59 Å². The van der Waals surface area contributed by atoms with Gasteiger partial charge < -0.3 is 51.6 Å². The Bertz CT molecular complexity index is 2340. The monoisotopic (exact) mass is 913 g/mol. The highest BCUT2D eigenvalue weighted by molar-refractivity contribution is 5.77. The number of ether oxygens (including phenoxy) is 9. The number of carbonyl (C=O) groups excluding carboxylic acids is 2. The molecule has 0 amide bonds. The summed E-state index contributed by atoms with van der Waals surface area (Å²) in [6, 6.07) is 17.3. The van der Waals surface area contributed by atoms with Crippen LogP contribution in [-0.2, 0) is 38.3 Å². The van der Waals surface area contributed by atoms with Crippen LogP contribution in [0.2, 0.25) is 0 Å². The van der Waals surface area contributed by atoms with E-state index in [2.05, 4.69) is 71.3 Å². The van der Waals surface area contributed by atoms with Crippen LogP contribution in [0.15, 0.2) is 48.5 Å². The Morgan fingerprint density at radius 2 is 1.03 bits per heavy atom. The predicted octanol–water partition coefficient (Wildman–Crippen LogP) is 8.40. The van der Waals surface area contributed by atoms with Crippen LogP contribution < -0.4 is 33.2 Å². The first-order chi connectivity index (χ1) is 31.7. The zero-order chi connectivity index (χ0) is 47.8. The Kier molecular flexibility index (Phi) is 16.4. The van der Waals surface area contributed by atoms with Gasteiger partial charge in [-0.3, -0.25) is 9.59 Å². The molecule has 66 heavy (non-hydrogen) atoms. The van der Waals surface area contributed by atoms with Crippen molar-refractivity contribution in [1.29, 1.82) is 0 Å². The van der Waals surface area contributed by atoms with Crippen molar-refractivity contribution in [3.63, 3.8) is 0 Å². The molecule has 0 aromatic heterocycles. The average molecular weight is 913 g/mol. The van der Waals surface area contributed by atoms with Gasteiger partial charge in [-0.05, 0) is 96.6 Å². The maximum atomic E-state index is 12.9. The summed E-state index contributed by atoms with van der Waals surface area (Å²) in [5.41, 5.74) is 10.9. The summed E-state index contributed by atoms with van der Waals surface area (Å²) < 4.78 is 52.8. The number of methoxy groups -OCH3 is 7.